The third-order valence-corrected chi connectivity index (χ3v) is 3.37. The van der Waals surface area contributed by atoms with Gasteiger partial charge in [-0.25, -0.2) is 4.98 Å². The summed E-state index contributed by atoms with van der Waals surface area (Å²) in [6, 6.07) is 15.6. The molecule has 0 unspecified atom stereocenters. The molecule has 6 nitrogen and oxygen atoms in total. The molecule has 0 radical (unpaired) electrons. The zero-order valence-electron chi connectivity index (χ0n) is 13.2. The molecule has 1 aromatic carbocycles. The van der Waals surface area contributed by atoms with E-state index in [0.29, 0.717) is 24.7 Å². The van der Waals surface area contributed by atoms with Gasteiger partial charge in [0.2, 0.25) is 5.95 Å². The first-order valence-corrected chi connectivity index (χ1v) is 7.81. The van der Waals surface area contributed by atoms with Gasteiger partial charge in [0, 0.05) is 42.9 Å². The lowest BCUT2D eigenvalue weighted by molar-refractivity contribution is 0.292. The smallest absolute Gasteiger partial charge is 0.225 e. The number of benzene rings is 1. The summed E-state index contributed by atoms with van der Waals surface area (Å²) in [5.74, 6) is 1.23. The van der Waals surface area contributed by atoms with Crippen molar-refractivity contribution in [3.05, 3.63) is 60.9 Å². The minimum absolute atomic E-state index is 0.131. The number of para-hydroxylation sites is 1. The van der Waals surface area contributed by atoms with Gasteiger partial charge >= 0.3 is 0 Å². The highest BCUT2D eigenvalue weighted by molar-refractivity contribution is 5.67. The molecule has 0 bridgehead atoms. The van der Waals surface area contributed by atoms with Crippen molar-refractivity contribution in [2.24, 2.45) is 0 Å². The average Bonchev–Trinajstić information content (AvgIpc) is 2.63. The largest absolute Gasteiger partial charge is 0.396 e. The molecule has 0 fully saturated rings. The van der Waals surface area contributed by atoms with Crippen molar-refractivity contribution in [3.8, 4) is 11.3 Å². The Morgan fingerprint density at radius 2 is 1.75 bits per heavy atom. The van der Waals surface area contributed by atoms with Gasteiger partial charge in [0.1, 0.15) is 5.82 Å². The van der Waals surface area contributed by atoms with Crippen LogP contribution < -0.4 is 10.6 Å². The second kappa shape index (κ2) is 8.03. The van der Waals surface area contributed by atoms with Crippen LogP contribution in [0.1, 0.15) is 6.42 Å². The maximum Gasteiger partial charge on any atom is 0.225 e. The van der Waals surface area contributed by atoms with Crippen LogP contribution in [0.4, 0.5) is 17.5 Å². The molecule has 3 N–H and O–H groups in total. The number of nitrogens with zero attached hydrogens (tertiary/aromatic N) is 3. The van der Waals surface area contributed by atoms with Crippen LogP contribution in [0.3, 0.4) is 0 Å². The third kappa shape index (κ3) is 4.27. The fourth-order valence-corrected chi connectivity index (χ4v) is 2.21. The van der Waals surface area contributed by atoms with Crippen LogP contribution in [-0.2, 0) is 0 Å². The molecule has 122 valence electrons. The Hall–Kier alpha value is -2.99. The maximum absolute atomic E-state index is 8.93. The van der Waals surface area contributed by atoms with E-state index < -0.39 is 0 Å². The molecular formula is C18H19N5O. The number of rotatable bonds is 7. The zero-order valence-corrected chi connectivity index (χ0v) is 13.2. The van der Waals surface area contributed by atoms with Gasteiger partial charge in [-0.3, -0.25) is 4.98 Å². The van der Waals surface area contributed by atoms with Gasteiger partial charge in [0.15, 0.2) is 0 Å². The summed E-state index contributed by atoms with van der Waals surface area (Å²) in [5, 5.41) is 15.4. The van der Waals surface area contributed by atoms with Gasteiger partial charge < -0.3 is 15.7 Å². The van der Waals surface area contributed by atoms with Gasteiger partial charge in [0.25, 0.3) is 0 Å². The van der Waals surface area contributed by atoms with E-state index in [4.69, 9.17) is 5.11 Å². The Kier molecular flexibility index (Phi) is 5.32. The SMILES string of the molecule is OCCCNc1nc(Nc2ccccc2)cc(-c2ccncc2)n1. The molecule has 0 saturated heterocycles. The fraction of sp³-hybridized carbons (Fsp3) is 0.167. The lowest BCUT2D eigenvalue weighted by Crippen LogP contribution is -2.08. The first-order chi connectivity index (χ1) is 11.8. The number of aromatic nitrogens is 3. The second-order valence-electron chi connectivity index (χ2n) is 5.19. The number of aliphatic hydroxyl groups is 1. The van der Waals surface area contributed by atoms with Crippen molar-refractivity contribution < 1.29 is 5.11 Å². The highest BCUT2D eigenvalue weighted by atomic mass is 16.3. The van der Waals surface area contributed by atoms with Crippen molar-refractivity contribution in [1.29, 1.82) is 0 Å². The Balaban J connectivity index is 1.90. The number of hydrogen-bond donors (Lipinski definition) is 3. The molecule has 3 aromatic rings. The van der Waals surface area contributed by atoms with Crippen molar-refractivity contribution in [2.75, 3.05) is 23.8 Å². The molecule has 6 heteroatoms. The van der Waals surface area contributed by atoms with Crippen molar-refractivity contribution >= 4 is 17.5 Å². The number of pyridine rings is 1. The molecule has 0 atom stereocenters. The lowest BCUT2D eigenvalue weighted by Gasteiger charge is -2.11. The van der Waals surface area contributed by atoms with E-state index in [2.05, 4.69) is 25.6 Å². The van der Waals surface area contributed by atoms with Gasteiger partial charge in [-0.2, -0.15) is 4.98 Å². The van der Waals surface area contributed by atoms with Crippen LogP contribution in [0.15, 0.2) is 60.9 Å². The standard InChI is InChI=1S/C18H19N5O/c24-12-4-9-20-18-22-16(14-7-10-19-11-8-14)13-17(23-18)21-15-5-2-1-3-6-15/h1-3,5-8,10-11,13,24H,4,9,12H2,(H2,20,21,22,23). The summed E-state index contributed by atoms with van der Waals surface area (Å²) in [5.41, 5.74) is 2.73. The third-order valence-electron chi connectivity index (χ3n) is 3.37. The fourth-order valence-electron chi connectivity index (χ4n) is 2.21. The van der Waals surface area contributed by atoms with Crippen LogP contribution in [0.5, 0.6) is 0 Å². The summed E-state index contributed by atoms with van der Waals surface area (Å²) in [6.45, 7) is 0.743. The summed E-state index contributed by atoms with van der Waals surface area (Å²) in [6.07, 6.45) is 4.12. The highest BCUT2D eigenvalue weighted by Crippen LogP contribution is 2.23. The van der Waals surface area contributed by atoms with E-state index in [0.717, 1.165) is 16.9 Å². The first kappa shape index (κ1) is 15.9. The molecule has 0 aliphatic rings. The quantitative estimate of drug-likeness (QED) is 0.580. The minimum Gasteiger partial charge on any atom is -0.396 e. The van der Waals surface area contributed by atoms with Gasteiger partial charge in [0.05, 0.1) is 5.69 Å². The number of hydrogen-bond acceptors (Lipinski definition) is 6. The topological polar surface area (TPSA) is 83.0 Å². The number of aliphatic hydroxyl groups excluding tert-OH is 1. The molecule has 0 saturated carbocycles. The predicted molar refractivity (Wildman–Crippen MR) is 95.2 cm³/mol. The van der Waals surface area contributed by atoms with Crippen molar-refractivity contribution in [1.82, 2.24) is 15.0 Å². The Bertz CT molecular complexity index is 765. The number of nitrogens with one attached hydrogen (secondary N) is 2. The molecule has 0 aliphatic heterocycles. The summed E-state index contributed by atoms with van der Waals surface area (Å²) >= 11 is 0. The molecule has 0 spiro atoms. The van der Waals surface area contributed by atoms with Crippen LogP contribution in [0.25, 0.3) is 11.3 Å². The van der Waals surface area contributed by atoms with Gasteiger partial charge in [-0.05, 0) is 30.7 Å². The van der Waals surface area contributed by atoms with E-state index in [1.54, 1.807) is 12.4 Å². The minimum atomic E-state index is 0.131. The Morgan fingerprint density at radius 3 is 2.50 bits per heavy atom. The van der Waals surface area contributed by atoms with Crippen LogP contribution in [-0.4, -0.2) is 33.2 Å². The van der Waals surface area contributed by atoms with Crippen LogP contribution >= 0.6 is 0 Å². The summed E-state index contributed by atoms with van der Waals surface area (Å²) in [4.78, 5) is 13.1. The van der Waals surface area contributed by atoms with E-state index in [1.165, 1.54) is 0 Å². The molecular weight excluding hydrogens is 302 g/mol. The van der Waals surface area contributed by atoms with Gasteiger partial charge in [-0.15, -0.1) is 0 Å². The van der Waals surface area contributed by atoms with E-state index in [-0.39, 0.29) is 6.61 Å². The number of anilines is 3. The molecule has 2 aromatic heterocycles. The van der Waals surface area contributed by atoms with E-state index in [1.807, 2.05) is 48.5 Å². The predicted octanol–water partition coefficient (Wildman–Crippen LogP) is 3.08. The average molecular weight is 321 g/mol. The molecule has 0 amide bonds. The summed E-state index contributed by atoms with van der Waals surface area (Å²) in [7, 11) is 0. The van der Waals surface area contributed by atoms with Crippen LogP contribution in [0, 0.1) is 0 Å². The lowest BCUT2D eigenvalue weighted by atomic mass is 10.2. The van der Waals surface area contributed by atoms with Crippen molar-refractivity contribution in [3.63, 3.8) is 0 Å². The molecule has 2 heterocycles. The monoisotopic (exact) mass is 321 g/mol. The van der Waals surface area contributed by atoms with E-state index >= 15 is 0 Å². The summed E-state index contributed by atoms with van der Waals surface area (Å²) < 4.78 is 0. The second-order valence-corrected chi connectivity index (χ2v) is 5.19. The molecule has 3 rings (SSSR count). The zero-order chi connectivity index (χ0) is 16.6. The Morgan fingerprint density at radius 1 is 0.958 bits per heavy atom. The maximum atomic E-state index is 8.93. The molecule has 24 heavy (non-hydrogen) atoms. The normalized spacial score (nSPS) is 10.4. The highest BCUT2D eigenvalue weighted by Gasteiger charge is 2.07. The van der Waals surface area contributed by atoms with Gasteiger partial charge in [-0.1, -0.05) is 18.2 Å². The van der Waals surface area contributed by atoms with Crippen molar-refractivity contribution in [2.45, 2.75) is 6.42 Å². The van der Waals surface area contributed by atoms with Crippen LogP contribution in [0.2, 0.25) is 0 Å². The van der Waals surface area contributed by atoms with E-state index in [9.17, 15) is 0 Å². The first-order valence-electron chi connectivity index (χ1n) is 7.81. The molecule has 0 aliphatic carbocycles. The Labute approximate surface area is 140 Å².